The van der Waals surface area contributed by atoms with Gasteiger partial charge in [0.15, 0.2) is 11.6 Å². The molecule has 0 aromatic carbocycles. The minimum atomic E-state index is -0.573. The largest absolute Gasteiger partial charge is 0.381 e. The molecule has 1 rings (SSSR count). The number of aromatic nitrogens is 1. The number of anilines is 1. The van der Waals surface area contributed by atoms with Crippen molar-refractivity contribution in [3.8, 4) is 0 Å². The molecule has 1 aromatic rings. The fourth-order valence-electron chi connectivity index (χ4n) is 0.457. The van der Waals surface area contributed by atoms with Crippen molar-refractivity contribution in [1.29, 1.82) is 0 Å². The predicted molar refractivity (Wildman–Crippen MR) is 41.3 cm³/mol. The van der Waals surface area contributed by atoms with E-state index < -0.39 is 5.82 Å². The lowest BCUT2D eigenvalue weighted by molar-refractivity contribution is 0.626. The lowest BCUT2D eigenvalue weighted by Gasteiger charge is -1.97. The number of pyridine rings is 1. The summed E-state index contributed by atoms with van der Waals surface area (Å²) in [5.74, 6) is -0.760. The normalized spacial score (nSPS) is 9.90. The molecule has 54 valence electrons. The lowest BCUT2D eigenvalue weighted by Crippen LogP contribution is -1.94. The number of nitrogens with zero attached hydrogens (tertiary/aromatic N) is 1. The second kappa shape index (κ2) is 2.72. The molecule has 0 fully saturated rings. The van der Waals surface area contributed by atoms with Crippen LogP contribution in [0.15, 0.2) is 10.5 Å². The molecule has 2 nitrogen and oxygen atoms in total. The maximum atomic E-state index is 12.5. The third kappa shape index (κ3) is 1.38. The maximum absolute atomic E-state index is 12.5. The van der Waals surface area contributed by atoms with Crippen LogP contribution < -0.4 is 5.73 Å². The Labute approximate surface area is 70.3 Å². The van der Waals surface area contributed by atoms with Crippen LogP contribution in [0.4, 0.5) is 10.2 Å². The van der Waals surface area contributed by atoms with Gasteiger partial charge in [0.1, 0.15) is 5.15 Å². The number of nitrogen functional groups attached to an aromatic ring is 1. The molecule has 0 amide bonds. The molecule has 2 N–H and O–H groups in total. The zero-order valence-corrected chi connectivity index (χ0v) is 7.08. The number of nitrogens with two attached hydrogens (primary N) is 1. The predicted octanol–water partition coefficient (Wildman–Crippen LogP) is 2.22. The summed E-state index contributed by atoms with van der Waals surface area (Å²) >= 11 is 8.47. The van der Waals surface area contributed by atoms with Crippen molar-refractivity contribution < 1.29 is 4.39 Å². The van der Waals surface area contributed by atoms with Crippen molar-refractivity contribution >= 4 is 33.3 Å². The number of rotatable bonds is 0. The molecular weight excluding hydrogens is 222 g/mol. The van der Waals surface area contributed by atoms with E-state index in [0.29, 0.717) is 4.47 Å². The molecule has 0 aliphatic rings. The fourth-order valence-corrected chi connectivity index (χ4v) is 0.893. The summed E-state index contributed by atoms with van der Waals surface area (Å²) in [5.41, 5.74) is 5.10. The van der Waals surface area contributed by atoms with E-state index in [1.54, 1.807) is 0 Å². The standard InChI is InChI=1S/C5H3BrClFN2/c6-2-1-3(8)5(9)10-4(2)7/h1H,(H2,9,10). The first-order valence-corrected chi connectivity index (χ1v) is 3.55. The highest BCUT2D eigenvalue weighted by Crippen LogP contribution is 2.22. The van der Waals surface area contributed by atoms with Crippen LogP contribution in [0.1, 0.15) is 0 Å². The second-order valence-electron chi connectivity index (χ2n) is 1.63. The second-order valence-corrected chi connectivity index (χ2v) is 2.84. The van der Waals surface area contributed by atoms with E-state index in [9.17, 15) is 4.39 Å². The van der Waals surface area contributed by atoms with Gasteiger partial charge in [0.2, 0.25) is 0 Å². The van der Waals surface area contributed by atoms with Crippen LogP contribution in [0.3, 0.4) is 0 Å². The van der Waals surface area contributed by atoms with Crippen molar-refractivity contribution in [1.82, 2.24) is 4.98 Å². The summed E-state index contributed by atoms with van der Waals surface area (Å²) in [6.07, 6.45) is 0. The molecule has 0 unspecified atom stereocenters. The van der Waals surface area contributed by atoms with Crippen LogP contribution in [0.25, 0.3) is 0 Å². The summed E-state index contributed by atoms with van der Waals surface area (Å²) < 4.78 is 12.9. The minimum absolute atomic E-state index is 0.166. The molecule has 0 aliphatic heterocycles. The Morgan fingerprint density at radius 2 is 2.30 bits per heavy atom. The van der Waals surface area contributed by atoms with Crippen LogP contribution in [0, 0.1) is 5.82 Å². The van der Waals surface area contributed by atoms with E-state index in [0.717, 1.165) is 0 Å². The first kappa shape index (κ1) is 7.75. The van der Waals surface area contributed by atoms with Gasteiger partial charge in [-0.05, 0) is 22.0 Å². The Bertz CT molecular complexity index is 216. The van der Waals surface area contributed by atoms with Gasteiger partial charge in [0, 0.05) is 0 Å². The van der Waals surface area contributed by atoms with Gasteiger partial charge in [0.25, 0.3) is 0 Å². The summed E-state index contributed by atoms with van der Waals surface area (Å²) in [6, 6.07) is 1.17. The van der Waals surface area contributed by atoms with Gasteiger partial charge in [-0.25, -0.2) is 9.37 Å². The number of halogens is 3. The van der Waals surface area contributed by atoms with Crippen LogP contribution in [0.5, 0.6) is 0 Å². The summed E-state index contributed by atoms with van der Waals surface area (Å²) in [6.45, 7) is 0. The molecule has 0 spiro atoms. The first-order valence-electron chi connectivity index (χ1n) is 2.38. The topological polar surface area (TPSA) is 38.9 Å². The first-order chi connectivity index (χ1) is 4.61. The van der Waals surface area contributed by atoms with Crippen LogP contribution >= 0.6 is 27.5 Å². The van der Waals surface area contributed by atoms with Crippen molar-refractivity contribution in [3.05, 3.63) is 21.5 Å². The molecule has 0 radical (unpaired) electrons. The quantitative estimate of drug-likeness (QED) is 0.688. The highest BCUT2D eigenvalue weighted by molar-refractivity contribution is 9.10. The highest BCUT2D eigenvalue weighted by Gasteiger charge is 2.04. The minimum Gasteiger partial charge on any atom is -0.381 e. The van der Waals surface area contributed by atoms with Crippen molar-refractivity contribution in [2.45, 2.75) is 0 Å². The molecule has 5 heteroatoms. The van der Waals surface area contributed by atoms with E-state index >= 15 is 0 Å². The average molecular weight is 225 g/mol. The monoisotopic (exact) mass is 224 g/mol. The van der Waals surface area contributed by atoms with Gasteiger partial charge in [0.05, 0.1) is 4.47 Å². The molecule has 10 heavy (non-hydrogen) atoms. The zero-order chi connectivity index (χ0) is 7.72. The Morgan fingerprint density at radius 1 is 1.70 bits per heavy atom. The Morgan fingerprint density at radius 3 is 2.80 bits per heavy atom. The molecular formula is C5H3BrClFN2. The summed E-state index contributed by atoms with van der Waals surface area (Å²) in [5, 5.41) is 0.166. The van der Waals surface area contributed by atoms with Gasteiger partial charge in [-0.1, -0.05) is 11.6 Å². The van der Waals surface area contributed by atoms with E-state index in [1.165, 1.54) is 6.07 Å². The van der Waals surface area contributed by atoms with Gasteiger partial charge < -0.3 is 5.73 Å². The molecule has 1 heterocycles. The Kier molecular flexibility index (Phi) is 2.11. The van der Waals surface area contributed by atoms with Crippen molar-refractivity contribution in [3.63, 3.8) is 0 Å². The van der Waals surface area contributed by atoms with Crippen LogP contribution in [-0.2, 0) is 0 Å². The van der Waals surface area contributed by atoms with E-state index in [2.05, 4.69) is 20.9 Å². The van der Waals surface area contributed by atoms with Crippen LogP contribution in [0.2, 0.25) is 5.15 Å². The summed E-state index contributed by atoms with van der Waals surface area (Å²) in [7, 11) is 0. The van der Waals surface area contributed by atoms with Gasteiger partial charge >= 0.3 is 0 Å². The molecule has 0 atom stereocenters. The Balaban J connectivity index is 3.28. The van der Waals surface area contributed by atoms with Crippen molar-refractivity contribution in [2.24, 2.45) is 0 Å². The van der Waals surface area contributed by atoms with Gasteiger partial charge in [-0.3, -0.25) is 0 Å². The zero-order valence-electron chi connectivity index (χ0n) is 4.74. The molecule has 0 saturated carbocycles. The summed E-state index contributed by atoms with van der Waals surface area (Å²) in [4.78, 5) is 3.49. The number of hydrogen-bond acceptors (Lipinski definition) is 2. The maximum Gasteiger partial charge on any atom is 0.166 e. The van der Waals surface area contributed by atoms with E-state index in [1.807, 2.05) is 0 Å². The fraction of sp³-hybridized carbons (Fsp3) is 0. The third-order valence-corrected chi connectivity index (χ3v) is 2.03. The lowest BCUT2D eigenvalue weighted by atomic mass is 10.4. The van der Waals surface area contributed by atoms with Crippen molar-refractivity contribution in [2.75, 3.05) is 5.73 Å². The molecule has 1 aromatic heterocycles. The smallest absolute Gasteiger partial charge is 0.166 e. The van der Waals surface area contributed by atoms with Gasteiger partial charge in [-0.2, -0.15) is 0 Å². The van der Waals surface area contributed by atoms with Crippen LogP contribution in [-0.4, -0.2) is 4.98 Å². The molecule has 0 aliphatic carbocycles. The highest BCUT2D eigenvalue weighted by atomic mass is 79.9. The SMILES string of the molecule is Nc1nc(Cl)c(Br)cc1F. The van der Waals surface area contributed by atoms with Gasteiger partial charge in [-0.15, -0.1) is 0 Å². The Hall–Kier alpha value is -0.350. The molecule has 0 bridgehead atoms. The molecule has 0 saturated heterocycles. The average Bonchev–Trinajstić information content (AvgIpc) is 1.84. The van der Waals surface area contributed by atoms with E-state index in [4.69, 9.17) is 17.3 Å². The third-order valence-electron chi connectivity index (χ3n) is 0.914. The van der Waals surface area contributed by atoms with E-state index in [-0.39, 0.29) is 11.0 Å². The number of hydrogen-bond donors (Lipinski definition) is 1.